The summed E-state index contributed by atoms with van der Waals surface area (Å²) in [6, 6.07) is 16.7. The van der Waals surface area contributed by atoms with Crippen molar-refractivity contribution in [1.82, 2.24) is 19.9 Å². The van der Waals surface area contributed by atoms with Gasteiger partial charge in [-0.3, -0.25) is 0 Å². The van der Waals surface area contributed by atoms with E-state index in [1.165, 1.54) is 17.5 Å². The van der Waals surface area contributed by atoms with E-state index < -0.39 is 0 Å². The van der Waals surface area contributed by atoms with Crippen molar-refractivity contribution in [2.24, 2.45) is 17.6 Å². The zero-order valence-electron chi connectivity index (χ0n) is 17.6. The minimum atomic E-state index is -0.0660. The second-order valence-electron chi connectivity index (χ2n) is 8.80. The zero-order chi connectivity index (χ0) is 20.9. The van der Waals surface area contributed by atoms with Crippen molar-refractivity contribution in [1.29, 1.82) is 0 Å². The van der Waals surface area contributed by atoms with Crippen molar-refractivity contribution in [3.05, 3.63) is 59.9 Å². The Hall–Kier alpha value is -2.61. The van der Waals surface area contributed by atoms with Crippen LogP contribution in [0.25, 0.3) is 21.1 Å². The number of nitrogens with zero attached hydrogens (tertiary/aromatic N) is 5. The Labute approximate surface area is 185 Å². The number of para-hydroxylation sites is 2. The number of hydrogen-bond donors (Lipinski definition) is 1. The van der Waals surface area contributed by atoms with Crippen molar-refractivity contribution in [3.63, 3.8) is 0 Å². The summed E-state index contributed by atoms with van der Waals surface area (Å²) in [5, 5.41) is 2.20. The number of anilines is 1. The van der Waals surface area contributed by atoms with Gasteiger partial charge in [0.15, 0.2) is 0 Å². The third kappa shape index (κ3) is 3.11. The first-order valence-corrected chi connectivity index (χ1v) is 11.8. The minimum Gasteiger partial charge on any atom is -0.330 e. The summed E-state index contributed by atoms with van der Waals surface area (Å²) in [5.74, 6) is 1.90. The van der Waals surface area contributed by atoms with Gasteiger partial charge in [-0.2, -0.15) is 0 Å². The van der Waals surface area contributed by atoms with Gasteiger partial charge in [-0.15, -0.1) is 11.3 Å². The molecule has 2 saturated heterocycles. The SMILES string of the molecule is CN1CCC(C2C(N)N(c3ncnc4ccccc34)C2c2nc3ccccc3s2)CC1. The number of hydrogen-bond acceptors (Lipinski definition) is 7. The van der Waals surface area contributed by atoms with Gasteiger partial charge in [0.05, 0.1) is 27.9 Å². The van der Waals surface area contributed by atoms with Crippen LogP contribution in [0.3, 0.4) is 0 Å². The molecule has 6 nitrogen and oxygen atoms in total. The van der Waals surface area contributed by atoms with Gasteiger partial charge < -0.3 is 15.5 Å². The van der Waals surface area contributed by atoms with Crippen LogP contribution in [0.5, 0.6) is 0 Å². The molecule has 158 valence electrons. The van der Waals surface area contributed by atoms with E-state index >= 15 is 0 Å². The van der Waals surface area contributed by atoms with Crippen LogP contribution >= 0.6 is 11.3 Å². The van der Waals surface area contributed by atoms with E-state index in [-0.39, 0.29) is 12.2 Å². The first-order valence-electron chi connectivity index (χ1n) is 11.0. The highest BCUT2D eigenvalue weighted by Crippen LogP contribution is 2.52. The van der Waals surface area contributed by atoms with Gasteiger partial charge in [0.25, 0.3) is 0 Å². The minimum absolute atomic E-state index is 0.0660. The van der Waals surface area contributed by atoms with E-state index in [2.05, 4.69) is 52.2 Å². The fourth-order valence-electron chi connectivity index (χ4n) is 5.36. The fourth-order valence-corrected chi connectivity index (χ4v) is 6.49. The molecule has 0 bridgehead atoms. The third-order valence-electron chi connectivity index (χ3n) is 7.02. The molecule has 3 atom stereocenters. The first-order chi connectivity index (χ1) is 15.2. The van der Waals surface area contributed by atoms with Crippen LogP contribution < -0.4 is 10.6 Å². The van der Waals surface area contributed by atoms with Crippen LogP contribution in [-0.2, 0) is 0 Å². The van der Waals surface area contributed by atoms with Gasteiger partial charge in [0.1, 0.15) is 17.2 Å². The molecule has 2 aromatic carbocycles. The summed E-state index contributed by atoms with van der Waals surface area (Å²) in [4.78, 5) is 18.9. The quantitative estimate of drug-likeness (QED) is 0.529. The number of benzene rings is 2. The Morgan fingerprint density at radius 3 is 2.52 bits per heavy atom. The van der Waals surface area contributed by atoms with Crippen molar-refractivity contribution < 1.29 is 0 Å². The Bertz CT molecular complexity index is 1190. The van der Waals surface area contributed by atoms with Crippen molar-refractivity contribution in [2.75, 3.05) is 25.0 Å². The molecule has 0 saturated carbocycles. The number of aromatic nitrogens is 3. The van der Waals surface area contributed by atoms with Gasteiger partial charge in [0.2, 0.25) is 0 Å². The Morgan fingerprint density at radius 2 is 1.71 bits per heavy atom. The maximum atomic E-state index is 6.91. The molecule has 0 amide bonds. The molecule has 4 heterocycles. The molecular weight excluding hydrogens is 404 g/mol. The lowest BCUT2D eigenvalue weighted by Crippen LogP contribution is -2.66. The number of likely N-dealkylation sites (tertiary alicyclic amines) is 1. The maximum Gasteiger partial charge on any atom is 0.141 e. The topological polar surface area (TPSA) is 71.2 Å². The lowest BCUT2D eigenvalue weighted by Gasteiger charge is -2.57. The van der Waals surface area contributed by atoms with E-state index in [1.807, 2.05) is 18.2 Å². The molecule has 2 aromatic heterocycles. The standard InChI is InChI=1S/C24H26N6S/c1-29-12-10-15(11-13-29)20-21(24-28-18-8-4-5-9-19(18)31-24)30(22(20)25)23-16-6-2-3-7-17(16)26-14-27-23/h2-9,14-15,20-22H,10-13,25H2,1H3. The van der Waals surface area contributed by atoms with Crippen LogP contribution in [0.2, 0.25) is 0 Å². The van der Waals surface area contributed by atoms with Crippen LogP contribution in [0.15, 0.2) is 54.9 Å². The molecule has 7 heteroatoms. The molecule has 31 heavy (non-hydrogen) atoms. The van der Waals surface area contributed by atoms with Crippen LogP contribution in [0.4, 0.5) is 5.82 Å². The van der Waals surface area contributed by atoms with E-state index in [4.69, 9.17) is 15.7 Å². The van der Waals surface area contributed by atoms with Crippen LogP contribution in [0, 0.1) is 11.8 Å². The summed E-state index contributed by atoms with van der Waals surface area (Å²) in [6.07, 6.45) is 3.97. The molecule has 6 rings (SSSR count). The predicted octanol–water partition coefficient (Wildman–Crippen LogP) is 4.04. The second-order valence-corrected chi connectivity index (χ2v) is 9.86. The Morgan fingerprint density at radius 1 is 0.968 bits per heavy atom. The predicted molar refractivity (Wildman–Crippen MR) is 126 cm³/mol. The van der Waals surface area contributed by atoms with Crippen LogP contribution in [0.1, 0.15) is 23.9 Å². The van der Waals surface area contributed by atoms with E-state index in [9.17, 15) is 0 Å². The molecule has 0 spiro atoms. The smallest absolute Gasteiger partial charge is 0.141 e. The van der Waals surface area contributed by atoms with Crippen molar-refractivity contribution >= 4 is 38.3 Å². The van der Waals surface area contributed by atoms with Gasteiger partial charge in [0, 0.05) is 11.3 Å². The second kappa shape index (κ2) is 7.51. The normalized spacial score (nSPS) is 25.2. The monoisotopic (exact) mass is 430 g/mol. The van der Waals surface area contributed by atoms with E-state index in [0.717, 1.165) is 40.3 Å². The summed E-state index contributed by atoms with van der Waals surface area (Å²) in [7, 11) is 2.21. The van der Waals surface area contributed by atoms with Gasteiger partial charge in [-0.25, -0.2) is 15.0 Å². The number of nitrogens with two attached hydrogens (primary N) is 1. The lowest BCUT2D eigenvalue weighted by molar-refractivity contribution is 0.0785. The molecule has 3 unspecified atom stereocenters. The molecule has 2 aliphatic rings. The highest BCUT2D eigenvalue weighted by atomic mass is 32.1. The molecule has 2 fully saturated rings. The van der Waals surface area contributed by atoms with Gasteiger partial charge in [-0.1, -0.05) is 24.3 Å². The van der Waals surface area contributed by atoms with E-state index in [1.54, 1.807) is 17.7 Å². The van der Waals surface area contributed by atoms with Crippen molar-refractivity contribution in [3.8, 4) is 0 Å². The number of piperidine rings is 1. The molecule has 0 aliphatic carbocycles. The summed E-state index contributed by atoms with van der Waals surface area (Å²) < 4.78 is 1.23. The number of fused-ring (bicyclic) bond motifs is 2. The number of thiazole rings is 1. The summed E-state index contributed by atoms with van der Waals surface area (Å²) in [5.41, 5.74) is 8.92. The molecular formula is C24H26N6S. The molecule has 2 N–H and O–H groups in total. The average Bonchev–Trinajstić information content (AvgIpc) is 3.22. The summed E-state index contributed by atoms with van der Waals surface area (Å²) >= 11 is 1.79. The lowest BCUT2D eigenvalue weighted by atomic mass is 9.71. The highest BCUT2D eigenvalue weighted by Gasteiger charge is 2.53. The van der Waals surface area contributed by atoms with Crippen LogP contribution in [-0.4, -0.2) is 46.2 Å². The highest BCUT2D eigenvalue weighted by molar-refractivity contribution is 7.18. The summed E-state index contributed by atoms with van der Waals surface area (Å²) in [6.45, 7) is 2.27. The maximum absolute atomic E-state index is 6.91. The fraction of sp³-hybridized carbons (Fsp3) is 0.375. The Balaban J connectivity index is 1.45. The molecule has 4 aromatic rings. The van der Waals surface area contributed by atoms with Crippen molar-refractivity contribution in [2.45, 2.75) is 25.0 Å². The molecule has 0 radical (unpaired) electrons. The number of rotatable bonds is 3. The van der Waals surface area contributed by atoms with Gasteiger partial charge in [-0.05, 0) is 63.2 Å². The third-order valence-corrected chi connectivity index (χ3v) is 8.12. The first kappa shape index (κ1) is 19.1. The largest absolute Gasteiger partial charge is 0.330 e. The van der Waals surface area contributed by atoms with E-state index in [0.29, 0.717) is 11.8 Å². The van der Waals surface area contributed by atoms with Gasteiger partial charge >= 0.3 is 0 Å². The zero-order valence-corrected chi connectivity index (χ0v) is 18.4. The average molecular weight is 431 g/mol. The Kier molecular flexibility index (Phi) is 4.63. The molecule has 2 aliphatic heterocycles.